The quantitative estimate of drug-likeness (QED) is 0.295. The molecular weight excluding hydrogens is 514 g/mol. The molecular formula is C26H25N3O6S2. The van der Waals surface area contributed by atoms with E-state index in [2.05, 4.69) is 16.5 Å². The highest BCUT2D eigenvalue weighted by Gasteiger charge is 2.47. The van der Waals surface area contributed by atoms with Crippen LogP contribution >= 0.6 is 22.7 Å². The normalized spacial score (nSPS) is 15.3. The van der Waals surface area contributed by atoms with Gasteiger partial charge >= 0.3 is 0 Å². The van der Waals surface area contributed by atoms with Crippen molar-refractivity contribution in [2.75, 3.05) is 18.6 Å². The standard InChI is InChI=1S/C26H25N3O6S2/c1-7-10-35-17-9-8-16(11-18(17)34-6)20-19(21(31)24-13(3)27-15(5)36-24)22(32)25(33)29(20)26-28-12(2)23(37-26)14(4)30/h7-9,11,20,32H,1,10H2,2-6H3. The first-order chi connectivity index (χ1) is 17.6. The molecule has 0 radical (unpaired) electrons. The van der Waals surface area contributed by atoms with Crippen LogP contribution in [0.3, 0.4) is 0 Å². The number of hydrogen-bond donors (Lipinski definition) is 1. The average molecular weight is 540 g/mol. The monoisotopic (exact) mass is 539 g/mol. The molecule has 0 spiro atoms. The molecule has 1 aromatic carbocycles. The molecule has 11 heteroatoms. The van der Waals surface area contributed by atoms with E-state index < -0.39 is 23.5 Å². The molecule has 1 atom stereocenters. The van der Waals surface area contributed by atoms with Crippen molar-refractivity contribution in [1.29, 1.82) is 0 Å². The molecule has 2 aromatic heterocycles. The van der Waals surface area contributed by atoms with Gasteiger partial charge in [-0.2, -0.15) is 0 Å². The van der Waals surface area contributed by atoms with Gasteiger partial charge < -0.3 is 14.6 Å². The zero-order chi connectivity index (χ0) is 27.0. The van der Waals surface area contributed by atoms with Crippen molar-refractivity contribution in [1.82, 2.24) is 9.97 Å². The second-order valence-electron chi connectivity index (χ2n) is 8.29. The fourth-order valence-corrected chi connectivity index (χ4v) is 6.01. The number of carbonyl (C=O) groups excluding carboxylic acids is 3. The van der Waals surface area contributed by atoms with E-state index in [4.69, 9.17) is 9.47 Å². The van der Waals surface area contributed by atoms with Crippen LogP contribution in [0.15, 0.2) is 42.2 Å². The van der Waals surface area contributed by atoms with E-state index in [0.717, 1.165) is 11.3 Å². The summed E-state index contributed by atoms with van der Waals surface area (Å²) < 4.78 is 11.2. The van der Waals surface area contributed by atoms with Crippen molar-refractivity contribution in [2.45, 2.75) is 33.7 Å². The number of anilines is 1. The van der Waals surface area contributed by atoms with Crippen LogP contribution in [0.5, 0.6) is 11.5 Å². The van der Waals surface area contributed by atoms with Gasteiger partial charge in [0.15, 0.2) is 28.2 Å². The Bertz CT molecular complexity index is 1470. The minimum atomic E-state index is -1.03. The molecule has 1 aliphatic heterocycles. The smallest absolute Gasteiger partial charge is 0.296 e. The first-order valence-corrected chi connectivity index (χ1v) is 12.9. The Labute approximate surface area is 221 Å². The van der Waals surface area contributed by atoms with Gasteiger partial charge in [0, 0.05) is 6.92 Å². The summed E-state index contributed by atoms with van der Waals surface area (Å²) in [6.07, 6.45) is 1.60. The third-order valence-electron chi connectivity index (χ3n) is 5.73. The molecule has 192 valence electrons. The van der Waals surface area contributed by atoms with Gasteiger partial charge in [0.2, 0.25) is 5.78 Å². The Morgan fingerprint density at radius 1 is 1.14 bits per heavy atom. The third-order valence-corrected chi connectivity index (χ3v) is 8.06. The van der Waals surface area contributed by atoms with Crippen molar-refractivity contribution in [2.24, 2.45) is 0 Å². The number of amides is 1. The first kappa shape index (κ1) is 26.2. The fourth-order valence-electron chi connectivity index (χ4n) is 4.15. The van der Waals surface area contributed by atoms with Gasteiger partial charge in [-0.1, -0.05) is 30.1 Å². The number of Topliss-reactive ketones (excluding diaryl/α,β-unsaturated/α-hetero) is 2. The Kier molecular flexibility index (Phi) is 7.28. The van der Waals surface area contributed by atoms with Crippen LogP contribution in [-0.2, 0) is 4.79 Å². The highest BCUT2D eigenvalue weighted by atomic mass is 32.1. The molecule has 0 fully saturated rings. The maximum absolute atomic E-state index is 13.8. The molecule has 1 N–H and O–H groups in total. The predicted octanol–water partition coefficient (Wildman–Crippen LogP) is 5.08. The lowest BCUT2D eigenvalue weighted by Gasteiger charge is -2.25. The molecule has 3 aromatic rings. The van der Waals surface area contributed by atoms with Crippen LogP contribution < -0.4 is 14.4 Å². The van der Waals surface area contributed by atoms with Gasteiger partial charge in [-0.05, 0) is 38.5 Å². The molecule has 0 bridgehead atoms. The number of hydrogen-bond acceptors (Lipinski definition) is 10. The number of ketones is 2. The summed E-state index contributed by atoms with van der Waals surface area (Å²) >= 11 is 2.22. The summed E-state index contributed by atoms with van der Waals surface area (Å²) in [7, 11) is 1.48. The summed E-state index contributed by atoms with van der Waals surface area (Å²) in [6, 6.07) is 3.96. The van der Waals surface area contributed by atoms with Gasteiger partial charge in [-0.15, -0.1) is 11.3 Å². The molecule has 37 heavy (non-hydrogen) atoms. The number of aliphatic hydroxyl groups excluding tert-OH is 1. The van der Waals surface area contributed by atoms with Gasteiger partial charge in [0.05, 0.1) is 44.9 Å². The first-order valence-electron chi connectivity index (χ1n) is 11.2. The van der Waals surface area contributed by atoms with E-state index >= 15 is 0 Å². The third kappa shape index (κ3) is 4.67. The van der Waals surface area contributed by atoms with Crippen LogP contribution in [0.1, 0.15) is 54.3 Å². The van der Waals surface area contributed by atoms with E-state index in [1.807, 2.05) is 0 Å². The van der Waals surface area contributed by atoms with Crippen LogP contribution in [0.2, 0.25) is 0 Å². The van der Waals surface area contributed by atoms with E-state index in [1.54, 1.807) is 45.0 Å². The Morgan fingerprint density at radius 3 is 2.41 bits per heavy atom. The molecule has 3 heterocycles. The number of thiazole rings is 2. The summed E-state index contributed by atoms with van der Waals surface area (Å²) in [6.45, 7) is 10.5. The highest BCUT2D eigenvalue weighted by Crippen LogP contribution is 2.46. The Morgan fingerprint density at radius 2 is 1.84 bits per heavy atom. The summed E-state index contributed by atoms with van der Waals surface area (Å²) in [5, 5.41) is 11.9. The largest absolute Gasteiger partial charge is 0.503 e. The molecule has 1 amide bonds. The van der Waals surface area contributed by atoms with E-state index in [0.29, 0.717) is 43.2 Å². The van der Waals surface area contributed by atoms with Crippen LogP contribution in [0, 0.1) is 20.8 Å². The van der Waals surface area contributed by atoms with E-state index in [1.165, 1.54) is 30.3 Å². The minimum absolute atomic E-state index is 0.101. The van der Waals surface area contributed by atoms with Gasteiger partial charge in [-0.3, -0.25) is 19.3 Å². The fraction of sp³-hybridized carbons (Fsp3) is 0.269. The summed E-state index contributed by atoms with van der Waals surface area (Å²) in [4.78, 5) is 50.1. The predicted molar refractivity (Wildman–Crippen MR) is 141 cm³/mol. The molecule has 4 rings (SSSR count). The molecule has 1 aliphatic rings. The number of aromatic nitrogens is 2. The number of aliphatic hydroxyl groups is 1. The molecule has 9 nitrogen and oxygen atoms in total. The maximum Gasteiger partial charge on any atom is 0.296 e. The number of carbonyl (C=O) groups is 3. The number of rotatable bonds is 9. The van der Waals surface area contributed by atoms with Crippen molar-refractivity contribution < 1.29 is 29.0 Å². The van der Waals surface area contributed by atoms with Crippen molar-refractivity contribution >= 4 is 45.3 Å². The second kappa shape index (κ2) is 10.3. The van der Waals surface area contributed by atoms with Crippen LogP contribution in [0.4, 0.5) is 5.13 Å². The Hall–Kier alpha value is -3.83. The SMILES string of the molecule is C=CCOc1ccc(C2C(C(=O)c3sc(C)nc3C)=C(O)C(=O)N2c2nc(C)c(C(C)=O)s2)cc1OC. The van der Waals surface area contributed by atoms with Crippen LogP contribution in [-0.4, -0.2) is 46.3 Å². The minimum Gasteiger partial charge on any atom is -0.503 e. The van der Waals surface area contributed by atoms with E-state index in [-0.39, 0.29) is 23.1 Å². The van der Waals surface area contributed by atoms with E-state index in [9.17, 15) is 19.5 Å². The maximum atomic E-state index is 13.8. The lowest BCUT2D eigenvalue weighted by molar-refractivity contribution is -0.117. The van der Waals surface area contributed by atoms with Crippen molar-refractivity contribution in [3.63, 3.8) is 0 Å². The lowest BCUT2D eigenvalue weighted by Crippen LogP contribution is -2.31. The van der Waals surface area contributed by atoms with Gasteiger partial charge in [-0.25, -0.2) is 9.97 Å². The molecule has 0 saturated heterocycles. The summed E-state index contributed by atoms with van der Waals surface area (Å²) in [5.74, 6) is -1.35. The van der Waals surface area contributed by atoms with Gasteiger partial charge in [0.1, 0.15) is 6.61 Å². The number of benzene rings is 1. The second-order valence-corrected chi connectivity index (χ2v) is 10.5. The molecule has 1 unspecified atom stereocenters. The van der Waals surface area contributed by atoms with Crippen molar-refractivity contribution in [3.05, 3.63) is 73.9 Å². The Balaban J connectivity index is 1.91. The molecule has 0 saturated carbocycles. The zero-order valence-corrected chi connectivity index (χ0v) is 22.6. The number of aryl methyl sites for hydroxylation is 3. The highest BCUT2D eigenvalue weighted by molar-refractivity contribution is 7.18. The number of ether oxygens (including phenoxy) is 2. The van der Waals surface area contributed by atoms with Crippen LogP contribution in [0.25, 0.3) is 0 Å². The zero-order valence-electron chi connectivity index (χ0n) is 20.9. The average Bonchev–Trinajstić information content (AvgIpc) is 3.49. The number of methoxy groups -OCH3 is 1. The topological polar surface area (TPSA) is 119 Å². The lowest BCUT2D eigenvalue weighted by atomic mass is 9.95. The van der Waals surface area contributed by atoms with Crippen molar-refractivity contribution in [3.8, 4) is 11.5 Å². The molecule has 0 aliphatic carbocycles. The van der Waals surface area contributed by atoms with Gasteiger partial charge in [0.25, 0.3) is 5.91 Å². The number of nitrogens with zero attached hydrogens (tertiary/aromatic N) is 3. The summed E-state index contributed by atoms with van der Waals surface area (Å²) in [5.41, 5.74) is 1.35.